The SMILES string of the molecule is COc1ccc(/C(C)=N/NC(=O)c2ccc(-n3c(C)ccc3C)cc2)cc1OC. The van der Waals surface area contributed by atoms with Crippen LogP contribution in [-0.2, 0) is 0 Å². The summed E-state index contributed by atoms with van der Waals surface area (Å²) in [6, 6.07) is 17.1. The number of methoxy groups -OCH3 is 2. The fourth-order valence-electron chi connectivity index (χ4n) is 3.16. The first-order valence-corrected chi connectivity index (χ1v) is 9.27. The highest BCUT2D eigenvalue weighted by Gasteiger charge is 2.09. The number of aromatic nitrogens is 1. The fourth-order valence-corrected chi connectivity index (χ4v) is 3.16. The predicted molar refractivity (Wildman–Crippen MR) is 114 cm³/mol. The van der Waals surface area contributed by atoms with Crippen molar-refractivity contribution in [2.24, 2.45) is 5.10 Å². The Kier molecular flexibility index (Phi) is 6.02. The van der Waals surface area contributed by atoms with Crippen molar-refractivity contribution in [3.63, 3.8) is 0 Å². The zero-order valence-corrected chi connectivity index (χ0v) is 17.3. The Hall–Kier alpha value is -3.54. The van der Waals surface area contributed by atoms with Gasteiger partial charge in [-0.2, -0.15) is 5.10 Å². The molecule has 29 heavy (non-hydrogen) atoms. The van der Waals surface area contributed by atoms with Crippen molar-refractivity contribution in [3.8, 4) is 17.2 Å². The average Bonchev–Trinajstić information content (AvgIpc) is 3.09. The van der Waals surface area contributed by atoms with Gasteiger partial charge in [-0.25, -0.2) is 5.43 Å². The number of nitrogens with one attached hydrogen (secondary N) is 1. The number of carbonyl (C=O) groups excluding carboxylic acids is 1. The van der Waals surface area contributed by atoms with Crippen molar-refractivity contribution >= 4 is 11.6 Å². The number of hydrogen-bond donors (Lipinski definition) is 1. The molecule has 1 N–H and O–H groups in total. The molecule has 150 valence electrons. The third-order valence-electron chi connectivity index (χ3n) is 4.79. The van der Waals surface area contributed by atoms with Crippen LogP contribution in [0.2, 0.25) is 0 Å². The van der Waals surface area contributed by atoms with Gasteiger partial charge in [-0.15, -0.1) is 0 Å². The lowest BCUT2D eigenvalue weighted by Gasteiger charge is -2.10. The number of carbonyl (C=O) groups is 1. The van der Waals surface area contributed by atoms with Crippen LogP contribution in [0.15, 0.2) is 59.7 Å². The normalized spacial score (nSPS) is 11.3. The van der Waals surface area contributed by atoms with Crippen LogP contribution < -0.4 is 14.9 Å². The van der Waals surface area contributed by atoms with Gasteiger partial charge in [-0.1, -0.05) is 0 Å². The molecule has 0 aliphatic rings. The van der Waals surface area contributed by atoms with E-state index in [1.54, 1.807) is 32.4 Å². The minimum Gasteiger partial charge on any atom is -0.493 e. The number of aryl methyl sites for hydroxylation is 2. The Balaban J connectivity index is 1.73. The monoisotopic (exact) mass is 391 g/mol. The first kappa shape index (κ1) is 20.2. The quantitative estimate of drug-likeness (QED) is 0.504. The fraction of sp³-hybridized carbons (Fsp3) is 0.217. The van der Waals surface area contributed by atoms with E-state index in [0.29, 0.717) is 22.8 Å². The van der Waals surface area contributed by atoms with Gasteiger partial charge >= 0.3 is 0 Å². The van der Waals surface area contributed by atoms with E-state index in [4.69, 9.17) is 9.47 Å². The molecule has 3 aromatic rings. The number of hydrogen-bond acceptors (Lipinski definition) is 4. The van der Waals surface area contributed by atoms with Crippen LogP contribution in [0, 0.1) is 13.8 Å². The lowest BCUT2D eigenvalue weighted by Crippen LogP contribution is -2.19. The molecule has 0 saturated heterocycles. The van der Waals surface area contributed by atoms with Crippen LogP contribution in [0.25, 0.3) is 5.69 Å². The number of ether oxygens (including phenoxy) is 2. The first-order valence-electron chi connectivity index (χ1n) is 9.27. The molecule has 0 saturated carbocycles. The molecule has 6 nitrogen and oxygen atoms in total. The number of nitrogens with zero attached hydrogens (tertiary/aromatic N) is 2. The second-order valence-corrected chi connectivity index (χ2v) is 6.71. The molecule has 0 fully saturated rings. The molecule has 0 spiro atoms. The van der Waals surface area contributed by atoms with E-state index in [-0.39, 0.29) is 5.91 Å². The van der Waals surface area contributed by atoms with Gasteiger partial charge in [0, 0.05) is 28.2 Å². The summed E-state index contributed by atoms with van der Waals surface area (Å²) in [4.78, 5) is 12.5. The van der Waals surface area contributed by atoms with E-state index in [2.05, 4.69) is 41.1 Å². The zero-order chi connectivity index (χ0) is 21.0. The van der Waals surface area contributed by atoms with E-state index < -0.39 is 0 Å². The highest BCUT2D eigenvalue weighted by molar-refractivity contribution is 6.01. The van der Waals surface area contributed by atoms with Crippen LogP contribution in [0.5, 0.6) is 11.5 Å². The lowest BCUT2D eigenvalue weighted by molar-refractivity contribution is 0.0955. The van der Waals surface area contributed by atoms with Crippen molar-refractivity contribution in [2.75, 3.05) is 14.2 Å². The Morgan fingerprint density at radius 1 is 0.862 bits per heavy atom. The second-order valence-electron chi connectivity index (χ2n) is 6.71. The van der Waals surface area contributed by atoms with E-state index >= 15 is 0 Å². The summed E-state index contributed by atoms with van der Waals surface area (Å²) in [5.41, 5.74) is 7.96. The first-order chi connectivity index (χ1) is 13.9. The standard InChI is InChI=1S/C23H25N3O3/c1-15-6-7-16(2)26(15)20-11-8-18(9-12-20)23(27)25-24-17(3)19-10-13-21(28-4)22(14-19)29-5/h6-14H,1-5H3,(H,25,27)/b24-17+. The minimum absolute atomic E-state index is 0.266. The molecule has 0 aliphatic carbocycles. The Morgan fingerprint density at radius 3 is 2.03 bits per heavy atom. The maximum absolute atomic E-state index is 12.5. The van der Waals surface area contributed by atoms with E-state index in [1.807, 2.05) is 31.2 Å². The summed E-state index contributed by atoms with van der Waals surface area (Å²) in [6.45, 7) is 5.93. The number of rotatable bonds is 6. The maximum Gasteiger partial charge on any atom is 0.271 e. The Labute approximate surface area is 170 Å². The van der Waals surface area contributed by atoms with Crippen LogP contribution in [0.3, 0.4) is 0 Å². The topological polar surface area (TPSA) is 64.8 Å². The van der Waals surface area contributed by atoms with E-state index in [0.717, 1.165) is 22.6 Å². The molecule has 0 unspecified atom stereocenters. The summed E-state index contributed by atoms with van der Waals surface area (Å²) in [5.74, 6) is 0.982. The summed E-state index contributed by atoms with van der Waals surface area (Å²) in [7, 11) is 3.17. The smallest absolute Gasteiger partial charge is 0.271 e. The summed E-state index contributed by atoms with van der Waals surface area (Å²) in [5, 5.41) is 4.22. The van der Waals surface area contributed by atoms with Gasteiger partial charge in [-0.05, 0) is 75.4 Å². The maximum atomic E-state index is 12.5. The lowest BCUT2D eigenvalue weighted by atomic mass is 10.1. The average molecular weight is 391 g/mol. The largest absolute Gasteiger partial charge is 0.493 e. The van der Waals surface area contributed by atoms with Gasteiger partial charge < -0.3 is 14.0 Å². The van der Waals surface area contributed by atoms with E-state index in [9.17, 15) is 4.79 Å². The molecule has 0 aliphatic heterocycles. The molecule has 0 bridgehead atoms. The van der Waals surface area contributed by atoms with Gasteiger partial charge in [0.15, 0.2) is 11.5 Å². The van der Waals surface area contributed by atoms with Crippen LogP contribution >= 0.6 is 0 Å². The third kappa shape index (κ3) is 4.32. The van der Waals surface area contributed by atoms with Crippen molar-refractivity contribution in [2.45, 2.75) is 20.8 Å². The van der Waals surface area contributed by atoms with Gasteiger partial charge in [0.2, 0.25) is 0 Å². The Morgan fingerprint density at radius 2 is 1.45 bits per heavy atom. The van der Waals surface area contributed by atoms with Crippen LogP contribution in [0.1, 0.15) is 34.2 Å². The molecule has 6 heteroatoms. The highest BCUT2D eigenvalue weighted by Crippen LogP contribution is 2.27. The minimum atomic E-state index is -0.266. The molecular formula is C23H25N3O3. The molecule has 3 rings (SSSR count). The van der Waals surface area contributed by atoms with Gasteiger partial charge in [0.05, 0.1) is 19.9 Å². The highest BCUT2D eigenvalue weighted by atomic mass is 16.5. The summed E-state index contributed by atoms with van der Waals surface area (Å²) < 4.78 is 12.7. The van der Waals surface area contributed by atoms with Crippen molar-refractivity contribution < 1.29 is 14.3 Å². The molecule has 1 heterocycles. The van der Waals surface area contributed by atoms with Gasteiger partial charge in [-0.3, -0.25) is 4.79 Å². The van der Waals surface area contributed by atoms with Crippen molar-refractivity contribution in [3.05, 3.63) is 77.1 Å². The van der Waals surface area contributed by atoms with Crippen LogP contribution in [0.4, 0.5) is 0 Å². The molecular weight excluding hydrogens is 366 g/mol. The number of benzene rings is 2. The molecule has 0 radical (unpaired) electrons. The van der Waals surface area contributed by atoms with Crippen molar-refractivity contribution in [1.29, 1.82) is 0 Å². The molecule has 1 aromatic heterocycles. The summed E-state index contributed by atoms with van der Waals surface area (Å²) >= 11 is 0. The van der Waals surface area contributed by atoms with Gasteiger partial charge in [0.25, 0.3) is 5.91 Å². The summed E-state index contributed by atoms with van der Waals surface area (Å²) in [6.07, 6.45) is 0. The number of amides is 1. The molecule has 0 atom stereocenters. The van der Waals surface area contributed by atoms with Crippen LogP contribution in [-0.4, -0.2) is 30.4 Å². The molecule has 1 amide bonds. The second kappa shape index (κ2) is 8.65. The number of hydrazone groups is 1. The third-order valence-corrected chi connectivity index (χ3v) is 4.79. The Bertz CT molecular complexity index is 1030. The van der Waals surface area contributed by atoms with Gasteiger partial charge in [0.1, 0.15) is 0 Å². The van der Waals surface area contributed by atoms with Crippen molar-refractivity contribution in [1.82, 2.24) is 9.99 Å². The zero-order valence-electron chi connectivity index (χ0n) is 17.3. The molecule has 2 aromatic carbocycles. The van der Waals surface area contributed by atoms with E-state index in [1.165, 1.54) is 0 Å². The predicted octanol–water partition coefficient (Wildman–Crippen LogP) is 4.27.